The van der Waals surface area contributed by atoms with Crippen LogP contribution in [0.15, 0.2) is 12.1 Å². The van der Waals surface area contributed by atoms with Gasteiger partial charge in [-0.2, -0.15) is 0 Å². The third-order valence-electron chi connectivity index (χ3n) is 3.79. The molecule has 23 heavy (non-hydrogen) atoms. The number of aliphatic carboxylic acids is 1. The second kappa shape index (κ2) is 6.27. The molecule has 1 aromatic rings. The van der Waals surface area contributed by atoms with Gasteiger partial charge in [0.25, 0.3) is 0 Å². The van der Waals surface area contributed by atoms with Gasteiger partial charge in [-0.05, 0) is 13.3 Å². The SMILES string of the molecule is C[C@H]1[C@@H](C(=O)Nc2cc(F)c(F)c(F)c2)CCN1C(=O)C(=O)O. The fourth-order valence-electron chi connectivity index (χ4n) is 2.56. The minimum atomic E-state index is -1.64. The number of halogens is 3. The maximum Gasteiger partial charge on any atom is 0.394 e. The molecule has 6 nitrogen and oxygen atoms in total. The summed E-state index contributed by atoms with van der Waals surface area (Å²) in [4.78, 5) is 35.3. The van der Waals surface area contributed by atoms with E-state index >= 15 is 0 Å². The Bertz CT molecular complexity index is 657. The van der Waals surface area contributed by atoms with Crippen molar-refractivity contribution in [2.45, 2.75) is 19.4 Å². The van der Waals surface area contributed by atoms with Crippen molar-refractivity contribution in [2.24, 2.45) is 5.92 Å². The molecular formula is C14H13F3N2O4. The summed E-state index contributed by atoms with van der Waals surface area (Å²) in [6.45, 7) is 1.58. The first kappa shape index (κ1) is 16.8. The molecule has 1 aliphatic heterocycles. The third kappa shape index (κ3) is 3.27. The molecule has 2 rings (SSSR count). The Morgan fingerprint density at radius 3 is 2.30 bits per heavy atom. The molecule has 0 unspecified atom stereocenters. The quantitative estimate of drug-likeness (QED) is 0.633. The lowest BCUT2D eigenvalue weighted by Gasteiger charge is -2.22. The van der Waals surface area contributed by atoms with Crippen LogP contribution in [0.25, 0.3) is 0 Å². The Morgan fingerprint density at radius 2 is 1.78 bits per heavy atom. The topological polar surface area (TPSA) is 86.7 Å². The maximum absolute atomic E-state index is 13.1. The van der Waals surface area contributed by atoms with Crippen molar-refractivity contribution in [3.8, 4) is 0 Å². The van der Waals surface area contributed by atoms with E-state index in [9.17, 15) is 27.6 Å². The second-order valence-electron chi connectivity index (χ2n) is 5.18. The van der Waals surface area contributed by atoms with E-state index in [4.69, 9.17) is 5.11 Å². The lowest BCUT2D eigenvalue weighted by molar-refractivity contribution is -0.156. The monoisotopic (exact) mass is 330 g/mol. The van der Waals surface area contributed by atoms with Crippen molar-refractivity contribution >= 4 is 23.5 Å². The van der Waals surface area contributed by atoms with Crippen molar-refractivity contribution in [1.29, 1.82) is 0 Å². The number of rotatable bonds is 2. The van der Waals surface area contributed by atoms with Crippen molar-refractivity contribution in [1.82, 2.24) is 4.90 Å². The van der Waals surface area contributed by atoms with Gasteiger partial charge in [-0.1, -0.05) is 0 Å². The molecular weight excluding hydrogens is 317 g/mol. The number of carbonyl (C=O) groups excluding carboxylic acids is 2. The summed E-state index contributed by atoms with van der Waals surface area (Å²) < 4.78 is 39.1. The van der Waals surface area contributed by atoms with Crippen LogP contribution in [0.3, 0.4) is 0 Å². The van der Waals surface area contributed by atoms with E-state index in [-0.39, 0.29) is 18.7 Å². The smallest absolute Gasteiger partial charge is 0.394 e. The average molecular weight is 330 g/mol. The first-order chi connectivity index (χ1) is 10.7. The van der Waals surface area contributed by atoms with Crippen LogP contribution in [-0.2, 0) is 14.4 Å². The van der Waals surface area contributed by atoms with Crippen LogP contribution in [0.5, 0.6) is 0 Å². The van der Waals surface area contributed by atoms with Gasteiger partial charge in [-0.25, -0.2) is 18.0 Å². The zero-order chi connectivity index (χ0) is 17.3. The van der Waals surface area contributed by atoms with Crippen LogP contribution in [0, 0.1) is 23.4 Å². The van der Waals surface area contributed by atoms with Crippen molar-refractivity contribution < 1.29 is 32.7 Å². The molecule has 9 heteroatoms. The maximum atomic E-state index is 13.1. The van der Waals surface area contributed by atoms with E-state index in [1.54, 1.807) is 0 Å². The van der Waals surface area contributed by atoms with Gasteiger partial charge in [-0.3, -0.25) is 9.59 Å². The highest BCUT2D eigenvalue weighted by atomic mass is 19.2. The molecule has 1 saturated heterocycles. The van der Waals surface area contributed by atoms with Gasteiger partial charge in [0, 0.05) is 30.4 Å². The van der Waals surface area contributed by atoms with Crippen LogP contribution >= 0.6 is 0 Å². The fourth-order valence-corrected chi connectivity index (χ4v) is 2.56. The molecule has 1 fully saturated rings. The molecule has 124 valence electrons. The van der Waals surface area contributed by atoms with E-state index in [0.29, 0.717) is 12.1 Å². The largest absolute Gasteiger partial charge is 0.474 e. The van der Waals surface area contributed by atoms with Gasteiger partial charge in [0.2, 0.25) is 5.91 Å². The van der Waals surface area contributed by atoms with E-state index in [1.165, 1.54) is 6.92 Å². The highest BCUT2D eigenvalue weighted by Crippen LogP contribution is 2.26. The number of benzene rings is 1. The number of likely N-dealkylation sites (tertiary alicyclic amines) is 1. The second-order valence-corrected chi connectivity index (χ2v) is 5.18. The number of carboxylic acids is 1. The Balaban J connectivity index is 2.10. The van der Waals surface area contributed by atoms with Gasteiger partial charge < -0.3 is 15.3 Å². The highest BCUT2D eigenvalue weighted by molar-refractivity contribution is 6.31. The standard InChI is InChI=1S/C14H13F3N2O4/c1-6-8(2-3-19(6)13(21)14(22)23)12(20)18-7-4-9(15)11(17)10(16)5-7/h4-6,8H,2-3H2,1H3,(H,18,20)(H,22,23)/t6-,8-/m0/s1. The normalized spacial score (nSPS) is 20.4. The Hall–Kier alpha value is -2.58. The molecule has 2 atom stereocenters. The summed E-state index contributed by atoms with van der Waals surface area (Å²) in [5.74, 6) is -8.65. The molecule has 0 bridgehead atoms. The minimum absolute atomic E-state index is 0.0799. The predicted octanol–water partition coefficient (Wildman–Crippen LogP) is 1.36. The fraction of sp³-hybridized carbons (Fsp3) is 0.357. The van der Waals surface area contributed by atoms with Gasteiger partial charge in [0.05, 0.1) is 5.92 Å². The van der Waals surface area contributed by atoms with E-state index in [0.717, 1.165) is 4.90 Å². The Labute approximate surface area is 128 Å². The number of amides is 2. The Kier molecular flexibility index (Phi) is 4.57. The van der Waals surface area contributed by atoms with Crippen LogP contribution < -0.4 is 5.32 Å². The molecule has 0 saturated carbocycles. The van der Waals surface area contributed by atoms with Crippen molar-refractivity contribution in [3.63, 3.8) is 0 Å². The molecule has 1 heterocycles. The zero-order valence-electron chi connectivity index (χ0n) is 12.0. The van der Waals surface area contributed by atoms with Gasteiger partial charge in [-0.15, -0.1) is 0 Å². The lowest BCUT2D eigenvalue weighted by Crippen LogP contribution is -2.42. The molecule has 2 N–H and O–H groups in total. The molecule has 0 aliphatic carbocycles. The Morgan fingerprint density at radius 1 is 1.22 bits per heavy atom. The van der Waals surface area contributed by atoms with E-state index in [2.05, 4.69) is 5.32 Å². The number of carbonyl (C=O) groups is 3. The predicted molar refractivity (Wildman–Crippen MR) is 71.9 cm³/mol. The van der Waals surface area contributed by atoms with Gasteiger partial charge in [0.1, 0.15) is 0 Å². The molecule has 2 amide bonds. The van der Waals surface area contributed by atoms with E-state index < -0.39 is 47.2 Å². The van der Waals surface area contributed by atoms with E-state index in [1.807, 2.05) is 0 Å². The number of carboxylic acid groups (broad SMARTS) is 1. The lowest BCUT2D eigenvalue weighted by atomic mass is 10.0. The molecule has 0 radical (unpaired) electrons. The summed E-state index contributed by atoms with van der Waals surface area (Å²) in [6.07, 6.45) is 0.207. The van der Waals surface area contributed by atoms with Gasteiger partial charge in [0.15, 0.2) is 17.5 Å². The highest BCUT2D eigenvalue weighted by Gasteiger charge is 2.40. The van der Waals surface area contributed by atoms with Crippen LogP contribution in [-0.4, -0.2) is 40.4 Å². The van der Waals surface area contributed by atoms with Gasteiger partial charge >= 0.3 is 11.9 Å². The van der Waals surface area contributed by atoms with Crippen LogP contribution in [0.1, 0.15) is 13.3 Å². The minimum Gasteiger partial charge on any atom is -0.474 e. The number of nitrogens with one attached hydrogen (secondary N) is 1. The summed E-state index contributed by atoms with van der Waals surface area (Å²) in [6, 6.07) is 0.584. The molecule has 0 aromatic heterocycles. The summed E-state index contributed by atoms with van der Waals surface area (Å²) in [5.41, 5.74) is -0.262. The van der Waals surface area contributed by atoms with Crippen LogP contribution in [0.4, 0.5) is 18.9 Å². The number of anilines is 1. The van der Waals surface area contributed by atoms with Crippen LogP contribution in [0.2, 0.25) is 0 Å². The summed E-state index contributed by atoms with van der Waals surface area (Å²) >= 11 is 0. The molecule has 1 aliphatic rings. The number of hydrogen-bond donors (Lipinski definition) is 2. The number of hydrogen-bond acceptors (Lipinski definition) is 3. The number of nitrogens with zero attached hydrogens (tertiary/aromatic N) is 1. The molecule has 1 aromatic carbocycles. The molecule has 0 spiro atoms. The average Bonchev–Trinajstić information content (AvgIpc) is 2.85. The first-order valence-corrected chi connectivity index (χ1v) is 6.71. The summed E-state index contributed by atoms with van der Waals surface area (Å²) in [7, 11) is 0. The third-order valence-corrected chi connectivity index (χ3v) is 3.79. The first-order valence-electron chi connectivity index (χ1n) is 6.71. The van der Waals surface area contributed by atoms with Crippen molar-refractivity contribution in [2.75, 3.05) is 11.9 Å². The summed E-state index contributed by atoms with van der Waals surface area (Å²) in [5, 5.41) is 10.9. The van der Waals surface area contributed by atoms with Crippen molar-refractivity contribution in [3.05, 3.63) is 29.6 Å². The zero-order valence-corrected chi connectivity index (χ0v) is 12.0.